The fourth-order valence-electron chi connectivity index (χ4n) is 1.77. The van der Waals surface area contributed by atoms with Crippen molar-refractivity contribution in [3.8, 4) is 11.3 Å². The number of hydrogen-bond acceptors (Lipinski definition) is 3. The Morgan fingerprint density at radius 1 is 1.25 bits per heavy atom. The zero-order valence-electron chi connectivity index (χ0n) is 10.3. The molecule has 0 aliphatic heterocycles. The minimum absolute atomic E-state index is 0.0756. The Morgan fingerprint density at radius 2 is 1.90 bits per heavy atom. The summed E-state index contributed by atoms with van der Waals surface area (Å²) < 4.78 is 38.9. The molecule has 0 atom stereocenters. The highest BCUT2D eigenvalue weighted by molar-refractivity contribution is 5.83. The Labute approximate surface area is 112 Å². The van der Waals surface area contributed by atoms with Crippen molar-refractivity contribution in [1.82, 2.24) is 15.0 Å². The second-order valence-electron chi connectivity index (χ2n) is 3.99. The van der Waals surface area contributed by atoms with Crippen LogP contribution < -0.4 is 0 Å². The normalized spacial score (nSPS) is 11.3. The number of benzene rings is 1. The summed E-state index contributed by atoms with van der Waals surface area (Å²) in [6.07, 6.45) is -2.33. The molecule has 1 aromatic heterocycles. The van der Waals surface area contributed by atoms with Crippen LogP contribution in [0.1, 0.15) is 16.1 Å². The van der Waals surface area contributed by atoms with Crippen LogP contribution in [0.3, 0.4) is 0 Å². The predicted molar refractivity (Wildman–Crippen MR) is 66.0 cm³/mol. The molecular weight excluding hydrogens is 271 g/mol. The SMILES string of the molecule is C=CCn1nnc(C=O)c1-c1ccc(C(F)(F)F)cc1. The standard InChI is InChI=1S/C13H10F3N3O/c1-2-7-19-12(11(8-20)17-18-19)9-3-5-10(6-4-9)13(14,15)16/h2-6,8H,1,7H2. The Kier molecular flexibility index (Phi) is 3.69. The van der Waals surface area contributed by atoms with Gasteiger partial charge in [-0.3, -0.25) is 4.79 Å². The molecule has 0 N–H and O–H groups in total. The summed E-state index contributed by atoms with van der Waals surface area (Å²) in [7, 11) is 0. The molecule has 0 saturated carbocycles. The zero-order chi connectivity index (χ0) is 14.8. The van der Waals surface area contributed by atoms with Crippen molar-refractivity contribution < 1.29 is 18.0 Å². The highest BCUT2D eigenvalue weighted by Crippen LogP contribution is 2.31. The van der Waals surface area contributed by atoms with E-state index in [0.717, 1.165) is 12.1 Å². The predicted octanol–water partition coefficient (Wildman–Crippen LogP) is 2.96. The second kappa shape index (κ2) is 5.28. The number of aromatic nitrogens is 3. The van der Waals surface area contributed by atoms with Crippen molar-refractivity contribution in [3.05, 3.63) is 48.2 Å². The van der Waals surface area contributed by atoms with Gasteiger partial charge in [-0.15, -0.1) is 11.7 Å². The molecule has 4 nitrogen and oxygen atoms in total. The van der Waals surface area contributed by atoms with Gasteiger partial charge >= 0.3 is 6.18 Å². The van der Waals surface area contributed by atoms with Gasteiger partial charge in [0.05, 0.1) is 17.8 Å². The number of carbonyl (C=O) groups is 1. The summed E-state index contributed by atoms with van der Waals surface area (Å²) in [5, 5.41) is 7.44. The first-order chi connectivity index (χ1) is 9.47. The van der Waals surface area contributed by atoms with Crippen LogP contribution in [0, 0.1) is 0 Å². The molecule has 7 heteroatoms. The number of hydrogen-bond donors (Lipinski definition) is 0. The average molecular weight is 281 g/mol. The van der Waals surface area contributed by atoms with E-state index in [4.69, 9.17) is 0 Å². The zero-order valence-corrected chi connectivity index (χ0v) is 10.3. The fraction of sp³-hybridized carbons (Fsp3) is 0.154. The number of carbonyl (C=O) groups excluding carboxylic acids is 1. The number of allylic oxidation sites excluding steroid dienone is 1. The molecule has 0 aliphatic rings. The lowest BCUT2D eigenvalue weighted by molar-refractivity contribution is -0.137. The van der Waals surface area contributed by atoms with E-state index in [2.05, 4.69) is 16.9 Å². The molecule has 0 saturated heterocycles. The van der Waals surface area contributed by atoms with E-state index < -0.39 is 11.7 Å². The maximum atomic E-state index is 12.5. The van der Waals surface area contributed by atoms with E-state index in [-0.39, 0.29) is 5.69 Å². The van der Waals surface area contributed by atoms with E-state index >= 15 is 0 Å². The van der Waals surface area contributed by atoms with Crippen molar-refractivity contribution in [2.24, 2.45) is 0 Å². The maximum absolute atomic E-state index is 12.5. The maximum Gasteiger partial charge on any atom is 0.416 e. The van der Waals surface area contributed by atoms with Gasteiger partial charge in [-0.1, -0.05) is 23.4 Å². The number of aldehydes is 1. The van der Waals surface area contributed by atoms with Crippen LogP contribution in [0.25, 0.3) is 11.3 Å². The van der Waals surface area contributed by atoms with E-state index in [9.17, 15) is 18.0 Å². The molecular formula is C13H10F3N3O. The van der Waals surface area contributed by atoms with Gasteiger partial charge < -0.3 is 0 Å². The van der Waals surface area contributed by atoms with Crippen LogP contribution in [0.15, 0.2) is 36.9 Å². The molecule has 20 heavy (non-hydrogen) atoms. The highest BCUT2D eigenvalue weighted by Gasteiger charge is 2.30. The third-order valence-corrected chi connectivity index (χ3v) is 2.66. The van der Waals surface area contributed by atoms with Gasteiger partial charge in [-0.2, -0.15) is 13.2 Å². The van der Waals surface area contributed by atoms with Crippen LogP contribution in [0.2, 0.25) is 0 Å². The summed E-state index contributed by atoms with van der Waals surface area (Å²) in [6.45, 7) is 3.85. The minimum Gasteiger partial charge on any atom is -0.296 e. The van der Waals surface area contributed by atoms with Crippen molar-refractivity contribution >= 4 is 6.29 Å². The average Bonchev–Trinajstić information content (AvgIpc) is 2.81. The summed E-state index contributed by atoms with van der Waals surface area (Å²) in [5.41, 5.74) is 0.129. The third-order valence-electron chi connectivity index (χ3n) is 2.66. The first kappa shape index (κ1) is 14.0. The number of nitrogens with zero attached hydrogens (tertiary/aromatic N) is 3. The molecule has 0 unspecified atom stereocenters. The quantitative estimate of drug-likeness (QED) is 0.639. The molecule has 2 aromatic rings. The monoisotopic (exact) mass is 281 g/mol. The fourth-order valence-corrected chi connectivity index (χ4v) is 1.77. The van der Waals surface area contributed by atoms with Gasteiger partial charge in [0.2, 0.25) is 0 Å². The molecule has 1 aromatic carbocycles. The van der Waals surface area contributed by atoms with Gasteiger partial charge in [0.15, 0.2) is 12.0 Å². The Balaban J connectivity index is 2.48. The van der Waals surface area contributed by atoms with Crippen LogP contribution in [0.4, 0.5) is 13.2 Å². The molecule has 1 heterocycles. The molecule has 2 rings (SSSR count). The minimum atomic E-state index is -4.40. The van der Waals surface area contributed by atoms with Crippen LogP contribution in [0.5, 0.6) is 0 Å². The molecule has 0 radical (unpaired) electrons. The molecule has 0 spiro atoms. The number of alkyl halides is 3. The summed E-state index contributed by atoms with van der Waals surface area (Å²) in [4.78, 5) is 10.9. The highest BCUT2D eigenvalue weighted by atomic mass is 19.4. The molecule has 0 bridgehead atoms. The summed E-state index contributed by atoms with van der Waals surface area (Å²) in [6, 6.07) is 4.48. The lowest BCUT2D eigenvalue weighted by Gasteiger charge is -2.08. The van der Waals surface area contributed by atoms with Gasteiger partial charge in [0.1, 0.15) is 0 Å². The molecule has 0 fully saturated rings. The number of halogens is 3. The Bertz CT molecular complexity index is 629. The van der Waals surface area contributed by atoms with Gasteiger partial charge in [0.25, 0.3) is 0 Å². The van der Waals surface area contributed by atoms with Crippen molar-refractivity contribution in [1.29, 1.82) is 0 Å². The lowest BCUT2D eigenvalue weighted by Crippen LogP contribution is -2.05. The van der Waals surface area contributed by atoms with Crippen molar-refractivity contribution in [2.75, 3.05) is 0 Å². The van der Waals surface area contributed by atoms with Gasteiger partial charge in [0, 0.05) is 5.56 Å². The van der Waals surface area contributed by atoms with Crippen LogP contribution >= 0.6 is 0 Å². The Morgan fingerprint density at radius 3 is 2.40 bits per heavy atom. The largest absolute Gasteiger partial charge is 0.416 e. The smallest absolute Gasteiger partial charge is 0.296 e. The van der Waals surface area contributed by atoms with Crippen LogP contribution in [-0.4, -0.2) is 21.3 Å². The topological polar surface area (TPSA) is 47.8 Å². The Hall–Kier alpha value is -2.44. The van der Waals surface area contributed by atoms with E-state index in [1.807, 2.05) is 0 Å². The summed E-state index contributed by atoms with van der Waals surface area (Å²) >= 11 is 0. The number of rotatable bonds is 4. The van der Waals surface area contributed by atoms with Gasteiger partial charge in [-0.25, -0.2) is 4.68 Å². The molecule has 0 amide bonds. The van der Waals surface area contributed by atoms with Crippen LogP contribution in [-0.2, 0) is 12.7 Å². The first-order valence-corrected chi connectivity index (χ1v) is 5.64. The van der Waals surface area contributed by atoms with Gasteiger partial charge in [-0.05, 0) is 12.1 Å². The lowest BCUT2D eigenvalue weighted by atomic mass is 10.1. The van der Waals surface area contributed by atoms with E-state index in [1.165, 1.54) is 16.8 Å². The summed E-state index contributed by atoms with van der Waals surface area (Å²) in [5.74, 6) is 0. The first-order valence-electron chi connectivity index (χ1n) is 5.64. The molecule has 0 aliphatic carbocycles. The molecule has 104 valence electrons. The second-order valence-corrected chi connectivity index (χ2v) is 3.99. The third kappa shape index (κ3) is 2.61. The van der Waals surface area contributed by atoms with Crippen molar-refractivity contribution in [2.45, 2.75) is 12.7 Å². The van der Waals surface area contributed by atoms with E-state index in [1.54, 1.807) is 6.08 Å². The van der Waals surface area contributed by atoms with E-state index in [0.29, 0.717) is 24.1 Å². The van der Waals surface area contributed by atoms with Crippen molar-refractivity contribution in [3.63, 3.8) is 0 Å².